The van der Waals surface area contributed by atoms with E-state index in [0.717, 1.165) is 4.47 Å². The Kier molecular flexibility index (Phi) is 3.40. The molecule has 11 heavy (non-hydrogen) atoms. The molecular formula is C7H5Br2FS. The molecular weight excluding hydrogens is 295 g/mol. The van der Waals surface area contributed by atoms with E-state index < -0.39 is 0 Å². The second kappa shape index (κ2) is 3.92. The number of thioether (sulfide) groups is 1. The summed E-state index contributed by atoms with van der Waals surface area (Å²) < 4.78 is 14.5. The molecule has 1 aromatic carbocycles. The van der Waals surface area contributed by atoms with Gasteiger partial charge >= 0.3 is 0 Å². The Labute approximate surface area is 85.8 Å². The van der Waals surface area contributed by atoms with Gasteiger partial charge in [-0.3, -0.25) is 0 Å². The molecule has 0 aliphatic carbocycles. The van der Waals surface area contributed by atoms with Crippen molar-refractivity contribution in [2.24, 2.45) is 0 Å². The van der Waals surface area contributed by atoms with Crippen LogP contribution in [0.2, 0.25) is 0 Å². The molecule has 0 aromatic heterocycles. The minimum absolute atomic E-state index is 0.202. The maximum Gasteiger partial charge on any atom is 0.152 e. The number of benzene rings is 1. The summed E-state index contributed by atoms with van der Waals surface area (Å²) in [6, 6.07) is 3.50. The highest BCUT2D eigenvalue weighted by atomic mass is 79.9. The highest BCUT2D eigenvalue weighted by molar-refractivity contribution is 9.11. The average molecular weight is 300 g/mol. The van der Waals surface area contributed by atoms with Gasteiger partial charge in [0.1, 0.15) is 0 Å². The van der Waals surface area contributed by atoms with Crippen molar-refractivity contribution in [3.63, 3.8) is 0 Å². The van der Waals surface area contributed by atoms with Gasteiger partial charge in [0, 0.05) is 4.47 Å². The first-order valence-corrected chi connectivity index (χ1v) is 5.65. The molecule has 0 saturated heterocycles. The van der Waals surface area contributed by atoms with Gasteiger partial charge in [-0.2, -0.15) is 0 Å². The van der Waals surface area contributed by atoms with Crippen LogP contribution in [0, 0.1) is 5.82 Å². The van der Waals surface area contributed by atoms with Gasteiger partial charge < -0.3 is 0 Å². The van der Waals surface area contributed by atoms with E-state index in [-0.39, 0.29) is 5.82 Å². The molecule has 0 unspecified atom stereocenters. The predicted molar refractivity (Wildman–Crippen MR) is 53.6 cm³/mol. The number of hydrogen-bond donors (Lipinski definition) is 0. The molecule has 0 radical (unpaired) electrons. The Morgan fingerprint density at radius 1 is 1.27 bits per heavy atom. The normalized spacial score (nSPS) is 10.2. The third kappa shape index (κ3) is 1.98. The largest absolute Gasteiger partial charge is 0.204 e. The van der Waals surface area contributed by atoms with Crippen molar-refractivity contribution in [2.45, 2.75) is 4.90 Å². The lowest BCUT2D eigenvalue weighted by molar-refractivity contribution is 0.593. The van der Waals surface area contributed by atoms with Gasteiger partial charge in [-0.1, -0.05) is 0 Å². The highest BCUT2D eigenvalue weighted by Gasteiger charge is 2.08. The zero-order valence-corrected chi connectivity index (χ0v) is 9.69. The third-order valence-corrected chi connectivity index (χ3v) is 3.55. The quantitative estimate of drug-likeness (QED) is 0.556. The van der Waals surface area contributed by atoms with Crippen molar-refractivity contribution >= 4 is 43.6 Å². The minimum atomic E-state index is -0.202. The third-order valence-electron chi connectivity index (χ3n) is 1.21. The van der Waals surface area contributed by atoms with Crippen molar-refractivity contribution in [1.29, 1.82) is 0 Å². The Balaban J connectivity index is 3.29. The van der Waals surface area contributed by atoms with Gasteiger partial charge in [0.15, 0.2) is 5.82 Å². The van der Waals surface area contributed by atoms with Crippen LogP contribution in [-0.4, -0.2) is 6.26 Å². The molecule has 0 fully saturated rings. The number of halogens is 3. The molecule has 0 bridgehead atoms. The first-order chi connectivity index (χ1) is 5.16. The van der Waals surface area contributed by atoms with Crippen LogP contribution in [0.5, 0.6) is 0 Å². The first kappa shape index (κ1) is 9.55. The molecule has 0 saturated carbocycles. The zero-order chi connectivity index (χ0) is 8.43. The summed E-state index contributed by atoms with van der Waals surface area (Å²) in [4.78, 5) is 0.638. The van der Waals surface area contributed by atoms with Gasteiger partial charge in [-0.05, 0) is 50.2 Å². The molecule has 0 N–H and O–H groups in total. The molecule has 0 nitrogen and oxygen atoms in total. The predicted octanol–water partition coefficient (Wildman–Crippen LogP) is 4.07. The molecule has 0 aliphatic heterocycles. The van der Waals surface area contributed by atoms with Crippen molar-refractivity contribution in [3.05, 3.63) is 26.9 Å². The lowest BCUT2D eigenvalue weighted by Gasteiger charge is -2.02. The van der Waals surface area contributed by atoms with Crippen LogP contribution in [0.15, 0.2) is 26.0 Å². The average Bonchev–Trinajstić information content (AvgIpc) is 1.99. The van der Waals surface area contributed by atoms with Crippen LogP contribution >= 0.6 is 43.6 Å². The van der Waals surface area contributed by atoms with E-state index in [0.29, 0.717) is 9.37 Å². The van der Waals surface area contributed by atoms with Crippen LogP contribution < -0.4 is 0 Å². The summed E-state index contributed by atoms with van der Waals surface area (Å²) in [7, 11) is 0. The van der Waals surface area contributed by atoms with Crippen LogP contribution in [0.25, 0.3) is 0 Å². The van der Waals surface area contributed by atoms with Crippen LogP contribution in [0.4, 0.5) is 4.39 Å². The Morgan fingerprint density at radius 3 is 2.27 bits per heavy atom. The van der Waals surface area contributed by atoms with Gasteiger partial charge in [-0.15, -0.1) is 11.8 Å². The molecule has 60 valence electrons. The molecule has 0 amide bonds. The number of rotatable bonds is 1. The fourth-order valence-electron chi connectivity index (χ4n) is 0.696. The molecule has 1 aromatic rings. The summed E-state index contributed by atoms with van der Waals surface area (Å²) in [5, 5.41) is 0. The SMILES string of the molecule is CSc1c(Br)ccc(Br)c1F. The second-order valence-electron chi connectivity index (χ2n) is 1.88. The fraction of sp³-hybridized carbons (Fsp3) is 0.143. The van der Waals surface area contributed by atoms with E-state index in [2.05, 4.69) is 31.9 Å². The molecule has 0 atom stereocenters. The molecule has 4 heteroatoms. The minimum Gasteiger partial charge on any atom is -0.204 e. The monoisotopic (exact) mass is 298 g/mol. The molecule has 0 aliphatic rings. The second-order valence-corrected chi connectivity index (χ2v) is 4.40. The highest BCUT2D eigenvalue weighted by Crippen LogP contribution is 2.32. The molecule has 0 heterocycles. The summed E-state index contributed by atoms with van der Waals surface area (Å²) in [5.41, 5.74) is 0. The summed E-state index contributed by atoms with van der Waals surface area (Å²) in [6.07, 6.45) is 1.84. The van der Waals surface area contributed by atoms with E-state index >= 15 is 0 Å². The van der Waals surface area contributed by atoms with Gasteiger partial charge in [0.2, 0.25) is 0 Å². The topological polar surface area (TPSA) is 0 Å². The van der Waals surface area contributed by atoms with Crippen LogP contribution in [0.3, 0.4) is 0 Å². The van der Waals surface area contributed by atoms with E-state index in [1.165, 1.54) is 11.8 Å². The van der Waals surface area contributed by atoms with Crippen molar-refractivity contribution < 1.29 is 4.39 Å². The van der Waals surface area contributed by atoms with Crippen molar-refractivity contribution in [3.8, 4) is 0 Å². The van der Waals surface area contributed by atoms with E-state index in [4.69, 9.17) is 0 Å². The molecule has 1 rings (SSSR count). The van der Waals surface area contributed by atoms with Crippen molar-refractivity contribution in [1.82, 2.24) is 0 Å². The lowest BCUT2D eigenvalue weighted by atomic mass is 10.3. The smallest absolute Gasteiger partial charge is 0.152 e. The van der Waals surface area contributed by atoms with Gasteiger partial charge in [-0.25, -0.2) is 4.39 Å². The van der Waals surface area contributed by atoms with Crippen LogP contribution in [0.1, 0.15) is 0 Å². The number of hydrogen-bond acceptors (Lipinski definition) is 1. The van der Waals surface area contributed by atoms with Crippen LogP contribution in [-0.2, 0) is 0 Å². The maximum absolute atomic E-state index is 13.2. The maximum atomic E-state index is 13.2. The summed E-state index contributed by atoms with van der Waals surface area (Å²) in [5.74, 6) is -0.202. The van der Waals surface area contributed by atoms with E-state index in [1.807, 2.05) is 12.3 Å². The fourth-order valence-corrected chi connectivity index (χ4v) is 2.50. The summed E-state index contributed by atoms with van der Waals surface area (Å²) in [6.45, 7) is 0. The van der Waals surface area contributed by atoms with Gasteiger partial charge in [0.05, 0.1) is 9.37 Å². The Hall–Kier alpha value is 0.460. The summed E-state index contributed by atoms with van der Waals surface area (Å²) >= 11 is 7.76. The Morgan fingerprint density at radius 2 is 1.82 bits per heavy atom. The van der Waals surface area contributed by atoms with Gasteiger partial charge in [0.25, 0.3) is 0 Å². The van der Waals surface area contributed by atoms with E-state index in [1.54, 1.807) is 6.07 Å². The Bertz CT molecular complexity index is 275. The molecule has 0 spiro atoms. The zero-order valence-electron chi connectivity index (χ0n) is 5.70. The van der Waals surface area contributed by atoms with E-state index in [9.17, 15) is 4.39 Å². The lowest BCUT2D eigenvalue weighted by Crippen LogP contribution is -1.83. The first-order valence-electron chi connectivity index (χ1n) is 2.84. The standard InChI is InChI=1S/C7H5Br2FS/c1-11-7-5(9)3-2-4(8)6(7)10/h2-3H,1H3. The van der Waals surface area contributed by atoms with Crippen molar-refractivity contribution in [2.75, 3.05) is 6.26 Å².